The fourth-order valence-corrected chi connectivity index (χ4v) is 4.85. The van der Waals surface area contributed by atoms with Crippen LogP contribution < -0.4 is 9.80 Å². The van der Waals surface area contributed by atoms with Gasteiger partial charge in [0.1, 0.15) is 10.7 Å². The number of carbonyl (C=O) groups is 3. The summed E-state index contributed by atoms with van der Waals surface area (Å²) in [6, 6.07) is 8.55. The van der Waals surface area contributed by atoms with Gasteiger partial charge in [0, 0.05) is 30.4 Å². The smallest absolute Gasteiger partial charge is 0.310 e. The molecule has 34 heavy (non-hydrogen) atoms. The second kappa shape index (κ2) is 8.36. The largest absolute Gasteiger partial charge is 0.332 e. The van der Waals surface area contributed by atoms with E-state index < -0.39 is 11.6 Å². The van der Waals surface area contributed by atoms with Gasteiger partial charge in [-0.15, -0.1) is 0 Å². The van der Waals surface area contributed by atoms with E-state index in [-0.39, 0.29) is 30.3 Å². The molecule has 2 aliphatic rings. The Morgan fingerprint density at radius 1 is 1.12 bits per heavy atom. The molecule has 180 valence electrons. The van der Waals surface area contributed by atoms with Gasteiger partial charge in [-0.2, -0.15) is 0 Å². The number of amides is 4. The molecule has 1 fully saturated rings. The molecule has 1 aromatic carbocycles. The third kappa shape index (κ3) is 4.05. The lowest BCUT2D eigenvalue weighted by Crippen LogP contribution is -2.43. The molecule has 8 nitrogen and oxygen atoms in total. The number of fused-ring (bicyclic) bond motifs is 1. The summed E-state index contributed by atoms with van der Waals surface area (Å²) in [6.45, 7) is 8.69. The number of carbonyl (C=O) groups excluding carboxylic acids is 3. The third-order valence-electron chi connectivity index (χ3n) is 6.52. The zero-order valence-electron chi connectivity index (χ0n) is 20.4. The number of benzene rings is 1. The van der Waals surface area contributed by atoms with Crippen LogP contribution in [0.3, 0.4) is 0 Å². The van der Waals surface area contributed by atoms with Crippen molar-refractivity contribution >= 4 is 40.8 Å². The zero-order chi connectivity index (χ0) is 25.0. The molecule has 2 aliphatic heterocycles. The van der Waals surface area contributed by atoms with Crippen LogP contribution in [0.1, 0.15) is 38.8 Å². The van der Waals surface area contributed by atoms with E-state index in [0.717, 1.165) is 16.8 Å². The molecule has 0 N–H and O–H groups in total. The van der Waals surface area contributed by atoms with Crippen molar-refractivity contribution in [1.29, 1.82) is 0 Å². The van der Waals surface area contributed by atoms with Crippen molar-refractivity contribution in [2.24, 2.45) is 0 Å². The first kappa shape index (κ1) is 24.2. The summed E-state index contributed by atoms with van der Waals surface area (Å²) in [5.41, 5.74) is 1.72. The van der Waals surface area contributed by atoms with E-state index in [0.29, 0.717) is 17.4 Å². The van der Waals surface area contributed by atoms with E-state index in [9.17, 15) is 14.4 Å². The number of anilines is 2. The van der Waals surface area contributed by atoms with Crippen LogP contribution in [0.15, 0.2) is 36.5 Å². The molecule has 3 heterocycles. The molecule has 9 heteroatoms. The Morgan fingerprint density at radius 2 is 1.82 bits per heavy atom. The molecule has 2 aromatic rings. The van der Waals surface area contributed by atoms with Gasteiger partial charge in [0.2, 0.25) is 5.91 Å². The van der Waals surface area contributed by atoms with Gasteiger partial charge >= 0.3 is 6.03 Å². The third-order valence-corrected chi connectivity index (χ3v) is 6.73. The SMILES string of the molecule is CN(C)CC(=O)N1CC(C)(C)c2ccc(N3C(=O)N(Cc4ccnc(Cl)c4)C(C)(C)C3=O)cc21. The minimum Gasteiger partial charge on any atom is -0.310 e. The first-order valence-corrected chi connectivity index (χ1v) is 11.6. The van der Waals surface area contributed by atoms with Crippen LogP contribution in [0.4, 0.5) is 16.2 Å². The van der Waals surface area contributed by atoms with Crippen LogP contribution in [0.5, 0.6) is 0 Å². The molecule has 4 amide bonds. The molecule has 0 radical (unpaired) electrons. The Hall–Kier alpha value is -2.97. The fraction of sp³-hybridized carbons (Fsp3) is 0.440. The Labute approximate surface area is 205 Å². The highest BCUT2D eigenvalue weighted by Crippen LogP contribution is 2.44. The van der Waals surface area contributed by atoms with Crippen molar-refractivity contribution in [2.45, 2.75) is 45.2 Å². The Kier molecular flexibility index (Phi) is 5.94. The molecule has 0 atom stereocenters. The van der Waals surface area contributed by atoms with E-state index in [1.54, 1.807) is 49.2 Å². The van der Waals surface area contributed by atoms with Gasteiger partial charge in [0.15, 0.2) is 0 Å². The summed E-state index contributed by atoms with van der Waals surface area (Å²) in [4.78, 5) is 50.2. The van der Waals surface area contributed by atoms with Crippen LogP contribution in [-0.4, -0.2) is 65.4 Å². The Balaban J connectivity index is 1.70. The summed E-state index contributed by atoms with van der Waals surface area (Å²) >= 11 is 6.01. The summed E-state index contributed by atoms with van der Waals surface area (Å²) in [6.07, 6.45) is 1.58. The summed E-state index contributed by atoms with van der Waals surface area (Å²) in [5, 5.41) is 0.328. The standard InChI is InChI=1S/C25H30ClN5O3/c1-24(2)15-29(21(32)14-28(5)6)19-12-17(7-8-18(19)24)31-22(33)25(3,4)30(23(31)34)13-16-9-10-27-20(26)11-16/h7-12H,13-15H2,1-6H3. The van der Waals surface area contributed by atoms with Gasteiger partial charge in [-0.1, -0.05) is 31.5 Å². The minimum absolute atomic E-state index is 0.0235. The summed E-state index contributed by atoms with van der Waals surface area (Å²) in [7, 11) is 3.70. The number of rotatable bonds is 5. The second-order valence-corrected chi connectivity index (χ2v) is 10.7. The van der Waals surface area contributed by atoms with Crippen LogP contribution in [0.2, 0.25) is 5.15 Å². The fourth-order valence-electron chi connectivity index (χ4n) is 4.65. The molecule has 0 bridgehead atoms. The normalized spacial score (nSPS) is 18.8. The van der Waals surface area contributed by atoms with Gasteiger partial charge in [-0.25, -0.2) is 14.7 Å². The number of pyridine rings is 1. The number of halogens is 1. The number of hydrogen-bond acceptors (Lipinski definition) is 5. The average Bonchev–Trinajstić information content (AvgIpc) is 3.10. The number of nitrogens with zero attached hydrogens (tertiary/aromatic N) is 5. The van der Waals surface area contributed by atoms with Crippen LogP contribution in [0, 0.1) is 0 Å². The van der Waals surface area contributed by atoms with Crippen LogP contribution in [-0.2, 0) is 21.5 Å². The van der Waals surface area contributed by atoms with E-state index in [1.165, 1.54) is 9.80 Å². The molecule has 0 spiro atoms. The zero-order valence-corrected chi connectivity index (χ0v) is 21.2. The molecule has 4 rings (SSSR count). The van der Waals surface area contributed by atoms with E-state index in [4.69, 9.17) is 11.6 Å². The van der Waals surface area contributed by atoms with Crippen molar-refractivity contribution in [3.63, 3.8) is 0 Å². The van der Waals surface area contributed by atoms with Crippen molar-refractivity contribution < 1.29 is 14.4 Å². The summed E-state index contributed by atoms with van der Waals surface area (Å²) in [5.74, 6) is -0.342. The van der Waals surface area contributed by atoms with Crippen molar-refractivity contribution in [2.75, 3.05) is 37.0 Å². The monoisotopic (exact) mass is 483 g/mol. The van der Waals surface area contributed by atoms with Crippen molar-refractivity contribution in [3.8, 4) is 0 Å². The molecule has 1 saturated heterocycles. The first-order chi connectivity index (χ1) is 15.8. The molecule has 0 unspecified atom stereocenters. The highest BCUT2D eigenvalue weighted by molar-refractivity contribution is 6.29. The first-order valence-electron chi connectivity index (χ1n) is 11.2. The van der Waals surface area contributed by atoms with E-state index in [1.807, 2.05) is 25.1 Å². The number of imide groups is 1. The Morgan fingerprint density at radius 3 is 2.47 bits per heavy atom. The molecule has 0 aliphatic carbocycles. The van der Waals surface area contributed by atoms with Crippen LogP contribution >= 0.6 is 11.6 Å². The molecule has 1 aromatic heterocycles. The highest BCUT2D eigenvalue weighted by atomic mass is 35.5. The summed E-state index contributed by atoms with van der Waals surface area (Å²) < 4.78 is 0. The van der Waals surface area contributed by atoms with E-state index in [2.05, 4.69) is 18.8 Å². The lowest BCUT2D eigenvalue weighted by molar-refractivity contribution is -0.123. The van der Waals surface area contributed by atoms with Crippen molar-refractivity contribution in [3.05, 3.63) is 52.8 Å². The number of aromatic nitrogens is 1. The molecule has 0 saturated carbocycles. The number of likely N-dealkylation sites (N-methyl/N-ethyl adjacent to an activating group) is 1. The van der Waals surface area contributed by atoms with E-state index >= 15 is 0 Å². The maximum Gasteiger partial charge on any atom is 0.332 e. The van der Waals surface area contributed by atoms with Gasteiger partial charge in [0.05, 0.1) is 12.2 Å². The average molecular weight is 484 g/mol. The quantitative estimate of drug-likeness (QED) is 0.479. The maximum atomic E-state index is 13.5. The predicted octanol–water partition coefficient (Wildman–Crippen LogP) is 3.67. The van der Waals surface area contributed by atoms with Crippen LogP contribution in [0.25, 0.3) is 0 Å². The lowest BCUT2D eigenvalue weighted by Gasteiger charge is -2.27. The molecular weight excluding hydrogens is 454 g/mol. The number of hydrogen-bond donors (Lipinski definition) is 0. The van der Waals surface area contributed by atoms with Gasteiger partial charge < -0.3 is 14.7 Å². The van der Waals surface area contributed by atoms with Crippen molar-refractivity contribution in [1.82, 2.24) is 14.8 Å². The van der Waals surface area contributed by atoms with Gasteiger partial charge in [0.25, 0.3) is 5.91 Å². The maximum absolute atomic E-state index is 13.5. The topological polar surface area (TPSA) is 77.1 Å². The Bertz CT molecular complexity index is 1180. The minimum atomic E-state index is -1.05. The molecular formula is C25H30ClN5O3. The number of urea groups is 1. The van der Waals surface area contributed by atoms with Gasteiger partial charge in [-0.05, 0) is 63.3 Å². The lowest BCUT2D eigenvalue weighted by atomic mass is 9.87. The highest BCUT2D eigenvalue weighted by Gasteiger charge is 2.52. The predicted molar refractivity (Wildman–Crippen MR) is 132 cm³/mol. The van der Waals surface area contributed by atoms with Gasteiger partial charge in [-0.3, -0.25) is 9.59 Å². The second-order valence-electron chi connectivity index (χ2n) is 10.4.